The monoisotopic (exact) mass is 381 g/mol. The molecular formula is C19H22F3N3O2. The number of rotatable bonds is 8. The molecule has 0 heterocycles. The molecule has 0 radical (unpaired) electrons. The summed E-state index contributed by atoms with van der Waals surface area (Å²) in [5, 5.41) is 6.10. The summed E-state index contributed by atoms with van der Waals surface area (Å²) in [5.74, 6) is 0.716. The smallest absolute Gasteiger partial charge is 0.387 e. The topological polar surface area (TPSA) is 54.9 Å². The second-order valence-corrected chi connectivity index (χ2v) is 5.53. The largest absolute Gasteiger partial charge is 0.497 e. The van der Waals surface area contributed by atoms with Gasteiger partial charge in [-0.1, -0.05) is 12.1 Å². The molecule has 0 aromatic heterocycles. The van der Waals surface area contributed by atoms with Gasteiger partial charge in [-0.2, -0.15) is 8.78 Å². The van der Waals surface area contributed by atoms with Crippen LogP contribution in [0.25, 0.3) is 0 Å². The van der Waals surface area contributed by atoms with Crippen molar-refractivity contribution in [2.24, 2.45) is 4.99 Å². The average Bonchev–Trinajstić information content (AvgIpc) is 2.64. The van der Waals surface area contributed by atoms with Gasteiger partial charge in [-0.05, 0) is 42.8 Å². The second-order valence-electron chi connectivity index (χ2n) is 5.53. The van der Waals surface area contributed by atoms with Crippen LogP contribution in [0.15, 0.2) is 47.5 Å². The molecule has 0 unspecified atom stereocenters. The zero-order valence-corrected chi connectivity index (χ0v) is 15.1. The van der Waals surface area contributed by atoms with Crippen LogP contribution in [0.1, 0.15) is 18.1 Å². The maximum Gasteiger partial charge on any atom is 0.387 e. The van der Waals surface area contributed by atoms with Crippen LogP contribution in [-0.2, 0) is 13.1 Å². The fourth-order valence-electron chi connectivity index (χ4n) is 2.36. The summed E-state index contributed by atoms with van der Waals surface area (Å²) in [7, 11) is 1.49. The van der Waals surface area contributed by atoms with E-state index in [0.29, 0.717) is 23.8 Å². The van der Waals surface area contributed by atoms with Gasteiger partial charge < -0.3 is 20.1 Å². The Balaban J connectivity index is 2.11. The lowest BCUT2D eigenvalue weighted by atomic mass is 10.2. The van der Waals surface area contributed by atoms with Gasteiger partial charge in [0.05, 0.1) is 13.7 Å². The van der Waals surface area contributed by atoms with Crippen LogP contribution in [0, 0.1) is 5.82 Å². The highest BCUT2D eigenvalue weighted by molar-refractivity contribution is 5.79. The predicted octanol–water partition coefficient (Wildman–Crippen LogP) is 3.69. The quantitative estimate of drug-likeness (QED) is 0.541. The molecule has 0 spiro atoms. The van der Waals surface area contributed by atoms with E-state index in [-0.39, 0.29) is 24.7 Å². The van der Waals surface area contributed by atoms with E-state index in [2.05, 4.69) is 20.4 Å². The standard InChI is InChI=1S/C19H22F3N3O2/c1-3-23-19(24-11-13-5-4-6-15(20)9-13)25-12-14-10-16(26-2)7-8-17(14)27-18(21)22/h4-10,18H,3,11-12H2,1-2H3,(H2,23,24,25). The number of nitrogens with one attached hydrogen (secondary N) is 2. The maximum absolute atomic E-state index is 13.3. The lowest BCUT2D eigenvalue weighted by Crippen LogP contribution is -2.36. The Morgan fingerprint density at radius 2 is 1.96 bits per heavy atom. The first kappa shape index (κ1) is 20.4. The van der Waals surface area contributed by atoms with Gasteiger partial charge in [-0.25, -0.2) is 9.38 Å². The minimum atomic E-state index is -2.92. The third-order valence-corrected chi connectivity index (χ3v) is 3.58. The lowest BCUT2D eigenvalue weighted by molar-refractivity contribution is -0.0504. The number of ether oxygens (including phenoxy) is 2. The van der Waals surface area contributed by atoms with Crippen molar-refractivity contribution in [2.75, 3.05) is 13.7 Å². The van der Waals surface area contributed by atoms with Crippen molar-refractivity contribution in [3.8, 4) is 11.5 Å². The van der Waals surface area contributed by atoms with E-state index in [1.54, 1.807) is 24.3 Å². The van der Waals surface area contributed by atoms with E-state index in [9.17, 15) is 13.2 Å². The Labute approximate surface area is 156 Å². The fraction of sp³-hybridized carbons (Fsp3) is 0.316. The number of halogens is 3. The number of hydrogen-bond acceptors (Lipinski definition) is 3. The number of alkyl halides is 2. The molecule has 0 saturated heterocycles. The number of benzene rings is 2. The number of nitrogens with zero attached hydrogens (tertiary/aromatic N) is 1. The molecule has 5 nitrogen and oxygen atoms in total. The van der Waals surface area contributed by atoms with Crippen molar-refractivity contribution in [2.45, 2.75) is 26.6 Å². The summed E-state index contributed by atoms with van der Waals surface area (Å²) >= 11 is 0. The van der Waals surface area contributed by atoms with Gasteiger partial charge in [0.2, 0.25) is 0 Å². The number of aliphatic imine (C=N–C) groups is 1. The highest BCUT2D eigenvalue weighted by Crippen LogP contribution is 2.25. The summed E-state index contributed by atoms with van der Waals surface area (Å²) in [6.07, 6.45) is 0. The van der Waals surface area contributed by atoms with Gasteiger partial charge in [-0.3, -0.25) is 0 Å². The van der Waals surface area contributed by atoms with E-state index in [1.807, 2.05) is 6.92 Å². The fourth-order valence-corrected chi connectivity index (χ4v) is 2.36. The summed E-state index contributed by atoms with van der Waals surface area (Å²) in [6.45, 7) is 0.0378. The van der Waals surface area contributed by atoms with Crippen molar-refractivity contribution in [3.05, 3.63) is 59.4 Å². The summed E-state index contributed by atoms with van der Waals surface area (Å²) in [4.78, 5) is 4.38. The Bertz CT molecular complexity index is 770. The molecule has 146 valence electrons. The average molecular weight is 381 g/mol. The molecule has 0 aliphatic rings. The minimum absolute atomic E-state index is 0.0549. The van der Waals surface area contributed by atoms with E-state index in [4.69, 9.17) is 4.74 Å². The Hall–Kier alpha value is -2.90. The van der Waals surface area contributed by atoms with E-state index in [1.165, 1.54) is 25.3 Å². The molecule has 0 aliphatic carbocycles. The van der Waals surface area contributed by atoms with Crippen LogP contribution in [0.5, 0.6) is 11.5 Å². The molecule has 27 heavy (non-hydrogen) atoms. The molecule has 0 amide bonds. The molecule has 0 aliphatic heterocycles. The number of hydrogen-bond donors (Lipinski definition) is 2. The highest BCUT2D eigenvalue weighted by Gasteiger charge is 2.11. The first-order chi connectivity index (χ1) is 13.0. The Kier molecular flexibility index (Phi) is 7.79. The molecule has 2 aromatic carbocycles. The highest BCUT2D eigenvalue weighted by atomic mass is 19.3. The first-order valence-electron chi connectivity index (χ1n) is 8.40. The molecule has 0 fully saturated rings. The molecule has 2 aromatic rings. The molecule has 8 heteroatoms. The van der Waals surface area contributed by atoms with Crippen LogP contribution in [-0.4, -0.2) is 26.2 Å². The third-order valence-electron chi connectivity index (χ3n) is 3.58. The van der Waals surface area contributed by atoms with E-state index in [0.717, 1.165) is 5.56 Å². The Morgan fingerprint density at radius 1 is 1.15 bits per heavy atom. The molecule has 0 atom stereocenters. The van der Waals surface area contributed by atoms with Crippen molar-refractivity contribution < 1.29 is 22.6 Å². The maximum atomic E-state index is 13.3. The predicted molar refractivity (Wildman–Crippen MR) is 97.7 cm³/mol. The van der Waals surface area contributed by atoms with Gasteiger partial charge in [-0.15, -0.1) is 0 Å². The van der Waals surface area contributed by atoms with E-state index >= 15 is 0 Å². The van der Waals surface area contributed by atoms with Crippen LogP contribution in [0.3, 0.4) is 0 Å². The van der Waals surface area contributed by atoms with Crippen LogP contribution in [0.2, 0.25) is 0 Å². The van der Waals surface area contributed by atoms with E-state index < -0.39 is 6.61 Å². The molecule has 0 saturated carbocycles. The second kappa shape index (κ2) is 10.3. The van der Waals surface area contributed by atoms with Crippen molar-refractivity contribution >= 4 is 5.96 Å². The summed E-state index contributed by atoms with van der Waals surface area (Å²) < 4.78 is 48.2. The van der Waals surface area contributed by atoms with Crippen LogP contribution >= 0.6 is 0 Å². The van der Waals surface area contributed by atoms with Gasteiger partial charge in [0, 0.05) is 18.7 Å². The minimum Gasteiger partial charge on any atom is -0.497 e. The first-order valence-corrected chi connectivity index (χ1v) is 8.40. The molecule has 2 N–H and O–H groups in total. The summed E-state index contributed by atoms with van der Waals surface area (Å²) in [6, 6.07) is 10.7. The van der Waals surface area contributed by atoms with Crippen molar-refractivity contribution in [3.63, 3.8) is 0 Å². The summed E-state index contributed by atoms with van der Waals surface area (Å²) in [5.41, 5.74) is 1.21. The molecular weight excluding hydrogens is 359 g/mol. The van der Waals surface area contributed by atoms with Crippen molar-refractivity contribution in [1.29, 1.82) is 0 Å². The lowest BCUT2D eigenvalue weighted by Gasteiger charge is -2.15. The van der Waals surface area contributed by atoms with Crippen molar-refractivity contribution in [1.82, 2.24) is 10.6 Å². The number of guanidine groups is 1. The van der Waals surface area contributed by atoms with Crippen LogP contribution in [0.4, 0.5) is 13.2 Å². The van der Waals surface area contributed by atoms with Gasteiger partial charge >= 0.3 is 6.61 Å². The van der Waals surface area contributed by atoms with Gasteiger partial charge in [0.1, 0.15) is 17.3 Å². The normalized spacial score (nSPS) is 11.4. The Morgan fingerprint density at radius 3 is 2.63 bits per heavy atom. The van der Waals surface area contributed by atoms with Gasteiger partial charge in [0.15, 0.2) is 5.96 Å². The molecule has 2 rings (SSSR count). The zero-order valence-electron chi connectivity index (χ0n) is 15.1. The molecule has 0 bridgehead atoms. The third kappa shape index (κ3) is 6.73. The van der Waals surface area contributed by atoms with Gasteiger partial charge in [0.25, 0.3) is 0 Å². The SMILES string of the molecule is CCNC(=NCc1cccc(F)c1)NCc1cc(OC)ccc1OC(F)F. The number of methoxy groups -OCH3 is 1. The van der Waals surface area contributed by atoms with Crippen LogP contribution < -0.4 is 20.1 Å². The zero-order chi connectivity index (χ0) is 19.6.